The maximum absolute atomic E-state index is 12.4. The molecular formula is C21H25N3O2S. The van der Waals surface area contributed by atoms with Crippen molar-refractivity contribution in [3.63, 3.8) is 0 Å². The predicted molar refractivity (Wildman–Crippen MR) is 108 cm³/mol. The van der Waals surface area contributed by atoms with Gasteiger partial charge in [0, 0.05) is 30.4 Å². The van der Waals surface area contributed by atoms with Crippen LogP contribution in [0, 0.1) is 27.7 Å². The number of carbonyl (C=O) groups is 1. The maximum Gasteiger partial charge on any atom is 0.261 e. The number of benzene rings is 1. The zero-order valence-electron chi connectivity index (χ0n) is 16.4. The van der Waals surface area contributed by atoms with Crippen LogP contribution in [0.3, 0.4) is 0 Å². The second kappa shape index (κ2) is 7.96. The minimum absolute atomic E-state index is 0.0721. The number of nitrogens with one attached hydrogen (secondary N) is 1. The number of rotatable bonds is 6. The summed E-state index contributed by atoms with van der Waals surface area (Å²) in [5, 5.41) is 9.13. The Labute approximate surface area is 164 Å². The van der Waals surface area contributed by atoms with E-state index in [2.05, 4.69) is 43.3 Å². The molecule has 1 aromatic carbocycles. The minimum Gasteiger partial charge on any atom is -0.489 e. The molecule has 0 unspecified atom stereocenters. The molecule has 0 saturated heterocycles. The highest BCUT2D eigenvalue weighted by Crippen LogP contribution is 2.25. The molecule has 0 aliphatic carbocycles. The lowest BCUT2D eigenvalue weighted by Crippen LogP contribution is -2.22. The number of aromatic nitrogens is 2. The highest BCUT2D eigenvalue weighted by Gasteiger charge is 2.12. The van der Waals surface area contributed by atoms with Gasteiger partial charge in [-0.15, -0.1) is 11.3 Å². The average Bonchev–Trinajstić information content (AvgIpc) is 3.23. The maximum atomic E-state index is 12.4. The van der Waals surface area contributed by atoms with E-state index in [0.29, 0.717) is 18.0 Å². The summed E-state index contributed by atoms with van der Waals surface area (Å²) in [6.07, 6.45) is 1.79. The van der Waals surface area contributed by atoms with E-state index in [4.69, 9.17) is 4.74 Å². The molecule has 27 heavy (non-hydrogen) atoms. The van der Waals surface area contributed by atoms with Gasteiger partial charge in [-0.05, 0) is 61.9 Å². The van der Waals surface area contributed by atoms with Gasteiger partial charge in [0.2, 0.25) is 0 Å². The normalized spacial score (nSPS) is 10.9. The van der Waals surface area contributed by atoms with Crippen molar-refractivity contribution in [2.24, 2.45) is 7.05 Å². The van der Waals surface area contributed by atoms with Gasteiger partial charge in [0.05, 0.1) is 11.1 Å². The lowest BCUT2D eigenvalue weighted by Gasteiger charge is -2.11. The van der Waals surface area contributed by atoms with Crippen LogP contribution >= 0.6 is 11.3 Å². The van der Waals surface area contributed by atoms with E-state index in [-0.39, 0.29) is 5.91 Å². The smallest absolute Gasteiger partial charge is 0.261 e. The van der Waals surface area contributed by atoms with Crippen LogP contribution < -0.4 is 10.1 Å². The van der Waals surface area contributed by atoms with Crippen molar-refractivity contribution in [2.45, 2.75) is 40.8 Å². The van der Waals surface area contributed by atoms with E-state index >= 15 is 0 Å². The number of hydrogen-bond donors (Lipinski definition) is 1. The van der Waals surface area contributed by atoms with Crippen LogP contribution in [0.15, 0.2) is 29.8 Å². The van der Waals surface area contributed by atoms with E-state index in [1.54, 1.807) is 10.9 Å². The van der Waals surface area contributed by atoms with Gasteiger partial charge in [-0.1, -0.05) is 6.07 Å². The third-order valence-corrected chi connectivity index (χ3v) is 5.79. The largest absolute Gasteiger partial charge is 0.489 e. The van der Waals surface area contributed by atoms with Crippen LogP contribution in [0.25, 0.3) is 0 Å². The van der Waals surface area contributed by atoms with Crippen LogP contribution in [0.4, 0.5) is 0 Å². The van der Waals surface area contributed by atoms with Gasteiger partial charge < -0.3 is 10.1 Å². The van der Waals surface area contributed by atoms with Crippen LogP contribution in [0.2, 0.25) is 0 Å². The molecule has 0 aliphatic rings. The lowest BCUT2D eigenvalue weighted by atomic mass is 10.1. The Bertz CT molecular complexity index is 972. The highest BCUT2D eigenvalue weighted by atomic mass is 32.1. The van der Waals surface area contributed by atoms with Crippen molar-refractivity contribution >= 4 is 17.2 Å². The summed E-state index contributed by atoms with van der Waals surface area (Å²) in [6.45, 7) is 9.14. The van der Waals surface area contributed by atoms with Crippen LogP contribution in [-0.2, 0) is 20.2 Å². The summed E-state index contributed by atoms with van der Waals surface area (Å²) in [5.74, 6) is 0.828. The number of ether oxygens (including phenoxy) is 1. The molecule has 5 nitrogen and oxygen atoms in total. The zero-order chi connectivity index (χ0) is 19.6. The molecule has 0 saturated carbocycles. The topological polar surface area (TPSA) is 56.1 Å². The predicted octanol–water partition coefficient (Wildman–Crippen LogP) is 4.22. The Balaban J connectivity index is 1.59. The number of thiophene rings is 1. The Kier molecular flexibility index (Phi) is 5.65. The lowest BCUT2D eigenvalue weighted by molar-refractivity contribution is 0.0955. The van der Waals surface area contributed by atoms with Crippen molar-refractivity contribution in [1.82, 2.24) is 15.1 Å². The number of amides is 1. The zero-order valence-corrected chi connectivity index (χ0v) is 17.2. The van der Waals surface area contributed by atoms with Crippen molar-refractivity contribution in [3.05, 3.63) is 68.2 Å². The number of aryl methyl sites for hydroxylation is 3. The fourth-order valence-electron chi connectivity index (χ4n) is 2.86. The summed E-state index contributed by atoms with van der Waals surface area (Å²) in [6, 6.07) is 6.10. The first-order valence-electron chi connectivity index (χ1n) is 8.89. The molecule has 0 spiro atoms. The Morgan fingerprint density at radius 3 is 2.70 bits per heavy atom. The quantitative estimate of drug-likeness (QED) is 0.693. The Morgan fingerprint density at radius 1 is 1.22 bits per heavy atom. The van der Waals surface area contributed by atoms with Gasteiger partial charge in [-0.3, -0.25) is 9.48 Å². The standard InChI is InChI=1S/C21H25N3O2S/c1-13-6-14(2)15(3)19(7-13)26-11-17-8-20(27-12-17)21(25)22-9-18-10-23-24(5)16(18)4/h6-8,10,12H,9,11H2,1-5H3,(H,22,25). The van der Waals surface area contributed by atoms with E-state index in [0.717, 1.165) is 28.1 Å². The fraction of sp³-hybridized carbons (Fsp3) is 0.333. The number of nitrogens with zero attached hydrogens (tertiary/aromatic N) is 2. The molecule has 3 rings (SSSR count). The van der Waals surface area contributed by atoms with Gasteiger partial charge in [0.1, 0.15) is 12.4 Å². The van der Waals surface area contributed by atoms with E-state index < -0.39 is 0 Å². The van der Waals surface area contributed by atoms with Gasteiger partial charge in [0.25, 0.3) is 5.91 Å². The average molecular weight is 384 g/mol. The summed E-state index contributed by atoms with van der Waals surface area (Å²) < 4.78 is 7.79. The molecule has 6 heteroatoms. The molecular weight excluding hydrogens is 358 g/mol. The van der Waals surface area contributed by atoms with E-state index in [1.807, 2.05) is 25.4 Å². The highest BCUT2D eigenvalue weighted by molar-refractivity contribution is 7.12. The van der Waals surface area contributed by atoms with Crippen molar-refractivity contribution in [3.8, 4) is 5.75 Å². The summed E-state index contributed by atoms with van der Waals surface area (Å²) in [7, 11) is 1.89. The second-order valence-corrected chi connectivity index (χ2v) is 7.79. The van der Waals surface area contributed by atoms with Crippen molar-refractivity contribution in [2.75, 3.05) is 0 Å². The van der Waals surface area contributed by atoms with Crippen LogP contribution in [0.5, 0.6) is 5.75 Å². The fourth-order valence-corrected chi connectivity index (χ4v) is 3.68. The van der Waals surface area contributed by atoms with Gasteiger partial charge in [0.15, 0.2) is 0 Å². The Morgan fingerprint density at radius 2 is 2.00 bits per heavy atom. The third kappa shape index (κ3) is 4.39. The summed E-state index contributed by atoms with van der Waals surface area (Å²) >= 11 is 1.43. The van der Waals surface area contributed by atoms with Crippen molar-refractivity contribution in [1.29, 1.82) is 0 Å². The van der Waals surface area contributed by atoms with E-state index in [9.17, 15) is 4.79 Å². The van der Waals surface area contributed by atoms with Gasteiger partial charge in [-0.2, -0.15) is 5.10 Å². The first-order valence-corrected chi connectivity index (χ1v) is 9.77. The van der Waals surface area contributed by atoms with E-state index in [1.165, 1.54) is 22.5 Å². The van der Waals surface area contributed by atoms with Gasteiger partial charge in [-0.25, -0.2) is 0 Å². The molecule has 1 N–H and O–H groups in total. The summed E-state index contributed by atoms with van der Waals surface area (Å²) in [5.41, 5.74) is 6.64. The molecule has 0 radical (unpaired) electrons. The minimum atomic E-state index is -0.0721. The second-order valence-electron chi connectivity index (χ2n) is 6.87. The molecule has 2 aromatic heterocycles. The van der Waals surface area contributed by atoms with Crippen LogP contribution in [-0.4, -0.2) is 15.7 Å². The first kappa shape index (κ1) is 19.2. The summed E-state index contributed by atoms with van der Waals surface area (Å²) in [4.78, 5) is 13.1. The molecule has 0 atom stereocenters. The molecule has 0 fully saturated rings. The van der Waals surface area contributed by atoms with Gasteiger partial charge >= 0.3 is 0 Å². The molecule has 0 bridgehead atoms. The molecule has 1 amide bonds. The van der Waals surface area contributed by atoms with Crippen molar-refractivity contribution < 1.29 is 9.53 Å². The molecule has 3 aromatic rings. The number of hydrogen-bond acceptors (Lipinski definition) is 4. The monoisotopic (exact) mass is 383 g/mol. The molecule has 2 heterocycles. The Hall–Kier alpha value is -2.60. The third-order valence-electron chi connectivity index (χ3n) is 4.81. The van der Waals surface area contributed by atoms with Crippen LogP contribution in [0.1, 0.15) is 43.2 Å². The first-order chi connectivity index (χ1) is 12.8. The number of carbonyl (C=O) groups excluding carboxylic acids is 1. The SMILES string of the molecule is Cc1cc(C)c(C)c(OCc2csc(C(=O)NCc3cnn(C)c3C)c2)c1. The molecule has 142 valence electrons. The molecule has 0 aliphatic heterocycles.